The first kappa shape index (κ1) is 26.4. The highest BCUT2D eigenvalue weighted by atomic mass is 35.5. The monoisotopic (exact) mass is 533 g/mol. The molecule has 1 fully saturated rings. The fourth-order valence-corrected chi connectivity index (χ4v) is 5.58. The predicted octanol–water partition coefficient (Wildman–Crippen LogP) is 2.09. The largest absolute Gasteiger partial charge is 0.362 e. The van der Waals surface area contributed by atoms with Crippen molar-refractivity contribution < 1.29 is 25.4 Å². The number of aromatic nitrogens is 1. The van der Waals surface area contributed by atoms with E-state index in [0.29, 0.717) is 29.0 Å². The summed E-state index contributed by atoms with van der Waals surface area (Å²) in [6.07, 6.45) is 8.69. The average Bonchev–Trinajstić information content (AvgIpc) is 3.18. The number of hydrogen-bond acceptors (Lipinski definition) is 5. The summed E-state index contributed by atoms with van der Waals surface area (Å²) in [5.41, 5.74) is 1.16. The van der Waals surface area contributed by atoms with Gasteiger partial charge in [0.25, 0.3) is 5.91 Å². The zero-order chi connectivity index (χ0) is 26.0. The lowest BCUT2D eigenvalue weighted by molar-refractivity contribution is -0.304. The second kappa shape index (κ2) is 10.8. The van der Waals surface area contributed by atoms with E-state index in [2.05, 4.69) is 34.7 Å². The Hall–Kier alpha value is -2.62. The van der Waals surface area contributed by atoms with Crippen LogP contribution in [0.15, 0.2) is 52.2 Å². The zero-order valence-corrected chi connectivity index (χ0v) is 22.9. The van der Waals surface area contributed by atoms with E-state index in [9.17, 15) is 13.8 Å². The van der Waals surface area contributed by atoms with Crippen LogP contribution < -0.4 is 16.0 Å². The fourth-order valence-electron chi connectivity index (χ4n) is 4.63. The van der Waals surface area contributed by atoms with E-state index in [1.165, 1.54) is 0 Å². The predicted molar refractivity (Wildman–Crippen MR) is 141 cm³/mol. The second-order valence-electron chi connectivity index (χ2n) is 10.1. The maximum atomic E-state index is 13.4. The molecule has 0 aliphatic carbocycles. The summed E-state index contributed by atoms with van der Waals surface area (Å²) >= 11 is 5.14. The molecule has 0 spiro atoms. The van der Waals surface area contributed by atoms with Gasteiger partial charge in [-0.25, -0.2) is 0 Å². The lowest BCUT2D eigenvalue weighted by Crippen LogP contribution is -2.47. The minimum absolute atomic E-state index is 0.0332. The average molecular weight is 534 g/mol. The first-order valence-corrected chi connectivity index (χ1v) is 15.0. The summed E-state index contributed by atoms with van der Waals surface area (Å²) in [6, 6.07) is 7.87. The Morgan fingerprint density at radius 1 is 1.17 bits per heavy atom. The Kier molecular flexibility index (Phi) is 7.92. The third-order valence-electron chi connectivity index (χ3n) is 6.73. The molecule has 0 unspecified atom stereocenters. The van der Waals surface area contributed by atoms with Crippen molar-refractivity contribution in [3.63, 3.8) is 0 Å². The van der Waals surface area contributed by atoms with Crippen molar-refractivity contribution in [1.82, 2.24) is 25.4 Å². The highest BCUT2D eigenvalue weighted by molar-refractivity contribution is 8.01. The first-order chi connectivity index (χ1) is 17.0. The molecule has 4 rings (SSSR count). The summed E-state index contributed by atoms with van der Waals surface area (Å²) in [6.45, 7) is 6.73. The smallest absolute Gasteiger partial charge is 0.268 e. The molecule has 3 heterocycles. The van der Waals surface area contributed by atoms with Crippen LogP contribution in [0.4, 0.5) is 0 Å². The number of hydrogen-bond donors (Lipinski definition) is 3. The number of allylic oxidation sites excluding steroid dienone is 2. The van der Waals surface area contributed by atoms with Gasteiger partial charge >= 0.3 is 0 Å². The number of carbonyl (C=O) groups is 2. The summed E-state index contributed by atoms with van der Waals surface area (Å²) in [4.78, 5) is 29.5. The fraction of sp³-hybridized carbons (Fsp3) is 0.462. The van der Waals surface area contributed by atoms with Gasteiger partial charge in [-0.15, -0.1) is 4.21 Å². The van der Waals surface area contributed by atoms with Crippen LogP contribution in [0.25, 0.3) is 10.9 Å². The van der Waals surface area contributed by atoms with Crippen LogP contribution in [0, 0.1) is 11.6 Å². The van der Waals surface area contributed by atoms with E-state index in [-0.39, 0.29) is 24.4 Å². The molecule has 1 aromatic heterocycles. The number of carbonyl (C=O) groups excluding carboxylic acids is 2. The summed E-state index contributed by atoms with van der Waals surface area (Å²) in [7, 11) is -2.17. The molecule has 36 heavy (non-hydrogen) atoms. The van der Waals surface area contributed by atoms with Gasteiger partial charge in [0.2, 0.25) is 10.9 Å². The molecule has 0 radical (unpaired) electrons. The lowest BCUT2D eigenvalue weighted by atomic mass is 10.0. The summed E-state index contributed by atoms with van der Waals surface area (Å²) in [5, 5.41) is 10.7. The van der Waals surface area contributed by atoms with Gasteiger partial charge in [0.05, 0.1) is 6.54 Å². The molecule has 2 amide bonds. The summed E-state index contributed by atoms with van der Waals surface area (Å²) in [5.74, 6) is 0.114. The van der Waals surface area contributed by atoms with Crippen LogP contribution in [0.5, 0.6) is 0 Å². The molecule has 8 nitrogen and oxygen atoms in total. The molecule has 2 aliphatic heterocycles. The molecule has 10 heteroatoms. The van der Waals surface area contributed by atoms with Gasteiger partial charge in [-0.2, -0.15) is 0 Å². The van der Waals surface area contributed by atoms with Gasteiger partial charge in [-0.05, 0) is 51.0 Å². The number of fused-ring (bicyclic) bond motifs is 1. The van der Waals surface area contributed by atoms with Crippen molar-refractivity contribution in [1.29, 1.82) is 0 Å². The van der Waals surface area contributed by atoms with Gasteiger partial charge in [0.1, 0.15) is 52.1 Å². The van der Waals surface area contributed by atoms with Gasteiger partial charge in [0, 0.05) is 48.2 Å². The van der Waals surface area contributed by atoms with E-state index in [0.717, 1.165) is 41.9 Å². The molecular formula is C26H36ClN5O3S+2. The van der Waals surface area contributed by atoms with Gasteiger partial charge in [0.15, 0.2) is 4.90 Å². The molecule has 1 saturated heterocycles. The van der Waals surface area contributed by atoms with E-state index < -0.39 is 9.93 Å². The SMILES string of the molecule is CC(C)N1CCC(NC(=O)c2cc3cc([S+](C)(C)=O)ccc3n2CC(=O)NC2=CC=C([ClH+])CN2)CC1. The highest BCUT2D eigenvalue weighted by Gasteiger charge is 2.26. The molecular weight excluding hydrogens is 498 g/mol. The number of amides is 2. The van der Waals surface area contributed by atoms with Crippen molar-refractivity contribution in [3.8, 4) is 0 Å². The minimum Gasteiger partial charge on any atom is -0.362 e. The number of nitrogens with one attached hydrogen (secondary N) is 3. The molecule has 0 atom stereocenters. The number of likely N-dealkylation sites (tertiary alicyclic amines) is 1. The van der Waals surface area contributed by atoms with Crippen molar-refractivity contribution in [2.75, 3.05) is 32.1 Å². The lowest BCUT2D eigenvalue weighted by Gasteiger charge is -2.34. The first-order valence-electron chi connectivity index (χ1n) is 12.3. The second-order valence-corrected chi connectivity index (χ2v) is 13.5. The van der Waals surface area contributed by atoms with Crippen molar-refractivity contribution in [3.05, 3.63) is 53.0 Å². The highest BCUT2D eigenvalue weighted by Crippen LogP contribution is 2.26. The van der Waals surface area contributed by atoms with Crippen LogP contribution in [0.3, 0.4) is 0 Å². The van der Waals surface area contributed by atoms with Crippen LogP contribution in [0.1, 0.15) is 37.2 Å². The maximum Gasteiger partial charge on any atom is 0.268 e. The third kappa shape index (κ3) is 6.19. The van der Waals surface area contributed by atoms with Gasteiger partial charge < -0.3 is 25.4 Å². The quantitative estimate of drug-likeness (QED) is 0.474. The third-order valence-corrected chi connectivity index (χ3v) is 8.40. The minimum atomic E-state index is -2.17. The van der Waals surface area contributed by atoms with Gasteiger partial charge in [-0.1, -0.05) is 0 Å². The Balaban J connectivity index is 1.59. The van der Waals surface area contributed by atoms with E-state index in [1.807, 2.05) is 18.2 Å². The van der Waals surface area contributed by atoms with Crippen LogP contribution in [0.2, 0.25) is 0 Å². The molecule has 194 valence electrons. The molecule has 3 N–H and O–H groups in total. The molecule has 2 aromatic rings. The molecule has 0 saturated carbocycles. The number of benzene rings is 1. The van der Waals surface area contributed by atoms with Crippen LogP contribution >= 0.6 is 0 Å². The van der Waals surface area contributed by atoms with E-state index in [1.54, 1.807) is 35.3 Å². The van der Waals surface area contributed by atoms with Crippen molar-refractivity contribution in [2.45, 2.75) is 50.2 Å². The maximum absolute atomic E-state index is 13.4. The van der Waals surface area contributed by atoms with E-state index >= 15 is 0 Å². The molecule has 2 aliphatic rings. The van der Waals surface area contributed by atoms with Crippen LogP contribution in [-0.4, -0.2) is 65.5 Å². The topological polar surface area (TPSA) is 95.5 Å². The van der Waals surface area contributed by atoms with Crippen molar-refractivity contribution in [2.24, 2.45) is 0 Å². The number of nitrogens with zero attached hydrogens (tertiary/aromatic N) is 2. The Labute approximate surface area is 218 Å². The number of rotatable bonds is 7. The Morgan fingerprint density at radius 3 is 2.50 bits per heavy atom. The van der Waals surface area contributed by atoms with Crippen molar-refractivity contribution >= 4 is 32.6 Å². The Bertz CT molecular complexity index is 1270. The standard InChI is InChI=1S/C26H34ClN5O3S/c1-17(2)31-11-9-20(10-12-31)29-26(34)23-14-18-13-21(36(3,4)35)6-7-22(18)32(23)16-25(33)30-24-8-5-19(27)15-28-24/h5-8,13-14,17,20,27-28H,9-12,15-16H2,1-4H3/p+2. The zero-order valence-electron chi connectivity index (χ0n) is 21.3. The van der Waals surface area contributed by atoms with Crippen LogP contribution in [-0.2, 0) is 25.5 Å². The number of halogens is 1. The molecule has 1 aromatic carbocycles. The molecule has 0 bridgehead atoms. The van der Waals surface area contributed by atoms with E-state index in [4.69, 9.17) is 11.6 Å². The Morgan fingerprint density at radius 2 is 1.89 bits per heavy atom. The van der Waals surface area contributed by atoms with Gasteiger partial charge in [-0.3, -0.25) is 9.59 Å². The summed E-state index contributed by atoms with van der Waals surface area (Å²) < 4.78 is 14.4. The number of dihydropyridines is 1. The normalized spacial score (nSPS) is 17.5. The number of piperidine rings is 1.